The second-order valence-electron chi connectivity index (χ2n) is 5.65. The fourth-order valence-electron chi connectivity index (χ4n) is 2.97. The van der Waals surface area contributed by atoms with Gasteiger partial charge in [0.1, 0.15) is 5.82 Å². The second-order valence-corrected chi connectivity index (χ2v) is 6.08. The first kappa shape index (κ1) is 14.8. The third-order valence-corrected chi connectivity index (χ3v) is 4.34. The minimum atomic E-state index is -0.217. The molecule has 106 valence electrons. The first-order chi connectivity index (χ1) is 9.02. The summed E-state index contributed by atoms with van der Waals surface area (Å²) in [7, 11) is 0. The molecule has 0 spiro atoms. The van der Waals surface area contributed by atoms with E-state index in [9.17, 15) is 4.39 Å². The zero-order chi connectivity index (χ0) is 14.0. The van der Waals surface area contributed by atoms with Crippen molar-refractivity contribution in [3.63, 3.8) is 0 Å². The lowest BCUT2D eigenvalue weighted by atomic mass is 9.91. The van der Waals surface area contributed by atoms with Crippen molar-refractivity contribution >= 4 is 11.6 Å². The van der Waals surface area contributed by atoms with Crippen LogP contribution in [0.2, 0.25) is 5.02 Å². The Labute approximate surface area is 119 Å². The van der Waals surface area contributed by atoms with Gasteiger partial charge in [0.2, 0.25) is 0 Å². The Kier molecular flexibility index (Phi) is 4.82. The van der Waals surface area contributed by atoms with Gasteiger partial charge in [-0.2, -0.15) is 0 Å². The highest BCUT2D eigenvalue weighted by molar-refractivity contribution is 6.30. The van der Waals surface area contributed by atoms with Gasteiger partial charge in [0.05, 0.1) is 6.04 Å². The van der Waals surface area contributed by atoms with Crippen LogP contribution < -0.4 is 5.73 Å². The van der Waals surface area contributed by atoms with Gasteiger partial charge in [-0.05, 0) is 43.9 Å². The van der Waals surface area contributed by atoms with Gasteiger partial charge in [0.15, 0.2) is 0 Å². The van der Waals surface area contributed by atoms with Crippen LogP contribution in [0, 0.1) is 11.7 Å². The highest BCUT2D eigenvalue weighted by Gasteiger charge is 2.30. The fourth-order valence-corrected chi connectivity index (χ4v) is 3.15. The number of hydrogen-bond acceptors (Lipinski definition) is 2. The van der Waals surface area contributed by atoms with Crippen molar-refractivity contribution in [3.05, 3.63) is 34.6 Å². The van der Waals surface area contributed by atoms with Gasteiger partial charge >= 0.3 is 0 Å². The predicted molar refractivity (Wildman–Crippen MR) is 77.8 cm³/mol. The van der Waals surface area contributed by atoms with Gasteiger partial charge < -0.3 is 5.73 Å². The molecule has 1 saturated heterocycles. The predicted octanol–water partition coefficient (Wildman–Crippen LogP) is 3.60. The summed E-state index contributed by atoms with van der Waals surface area (Å²) in [5.41, 5.74) is 6.53. The number of benzene rings is 1. The first-order valence-corrected chi connectivity index (χ1v) is 7.31. The minimum absolute atomic E-state index is 0.0866. The van der Waals surface area contributed by atoms with Crippen LogP contribution in [-0.4, -0.2) is 24.0 Å². The van der Waals surface area contributed by atoms with E-state index in [1.165, 1.54) is 12.5 Å². The maximum atomic E-state index is 14.0. The maximum Gasteiger partial charge on any atom is 0.128 e. The summed E-state index contributed by atoms with van der Waals surface area (Å²) in [5, 5.41) is 0.563. The largest absolute Gasteiger partial charge is 0.329 e. The average molecular weight is 285 g/mol. The number of nitrogens with zero attached hydrogens (tertiary/aromatic N) is 1. The molecule has 1 heterocycles. The Balaban J connectivity index is 2.30. The molecule has 2 nitrogen and oxygen atoms in total. The van der Waals surface area contributed by atoms with Crippen molar-refractivity contribution in [2.24, 2.45) is 11.7 Å². The van der Waals surface area contributed by atoms with E-state index in [4.69, 9.17) is 17.3 Å². The number of halogens is 2. The molecule has 0 saturated carbocycles. The third-order valence-electron chi connectivity index (χ3n) is 4.11. The summed E-state index contributed by atoms with van der Waals surface area (Å²) in [6.07, 6.45) is 2.37. The van der Waals surface area contributed by atoms with Crippen LogP contribution in [0.1, 0.15) is 38.3 Å². The average Bonchev–Trinajstić information content (AvgIpc) is 2.38. The van der Waals surface area contributed by atoms with Crippen molar-refractivity contribution in [2.45, 2.75) is 38.8 Å². The zero-order valence-electron chi connectivity index (χ0n) is 11.6. The summed E-state index contributed by atoms with van der Waals surface area (Å²) < 4.78 is 14.0. The molecular formula is C15H22ClFN2. The van der Waals surface area contributed by atoms with E-state index in [1.807, 2.05) is 0 Å². The fraction of sp³-hybridized carbons (Fsp3) is 0.600. The van der Waals surface area contributed by atoms with E-state index >= 15 is 0 Å². The molecule has 3 unspecified atom stereocenters. The molecule has 19 heavy (non-hydrogen) atoms. The topological polar surface area (TPSA) is 29.3 Å². The van der Waals surface area contributed by atoms with Crippen LogP contribution in [0.15, 0.2) is 18.2 Å². The monoisotopic (exact) mass is 284 g/mol. The summed E-state index contributed by atoms with van der Waals surface area (Å²) in [5.74, 6) is 0.415. The summed E-state index contributed by atoms with van der Waals surface area (Å²) in [6, 6.07) is 5.06. The number of likely N-dealkylation sites (tertiary alicyclic amines) is 1. The van der Waals surface area contributed by atoms with Crippen molar-refractivity contribution in [2.75, 3.05) is 13.1 Å². The number of nitrogens with two attached hydrogens (primary N) is 1. The Bertz CT molecular complexity index is 438. The van der Waals surface area contributed by atoms with Crippen molar-refractivity contribution in [1.82, 2.24) is 4.90 Å². The molecule has 2 rings (SSSR count). The van der Waals surface area contributed by atoms with E-state index in [2.05, 4.69) is 18.7 Å². The second kappa shape index (κ2) is 6.21. The molecule has 0 aromatic heterocycles. The van der Waals surface area contributed by atoms with E-state index in [-0.39, 0.29) is 11.9 Å². The van der Waals surface area contributed by atoms with Gasteiger partial charge in [-0.1, -0.05) is 18.5 Å². The van der Waals surface area contributed by atoms with Crippen LogP contribution in [-0.2, 0) is 0 Å². The zero-order valence-corrected chi connectivity index (χ0v) is 12.3. The van der Waals surface area contributed by atoms with Crippen LogP contribution in [0.4, 0.5) is 4.39 Å². The SMILES string of the molecule is CC1CCC(C)N(C(CN)c2cc(Cl)ccc2F)C1. The van der Waals surface area contributed by atoms with Crippen LogP contribution in [0.3, 0.4) is 0 Å². The standard InChI is InChI=1S/C15H22ClFN2/c1-10-3-4-11(2)19(9-10)15(8-18)13-7-12(16)5-6-14(13)17/h5-7,10-11,15H,3-4,8-9,18H2,1-2H3. The minimum Gasteiger partial charge on any atom is -0.329 e. The van der Waals surface area contributed by atoms with Gasteiger partial charge in [-0.3, -0.25) is 4.90 Å². The lowest BCUT2D eigenvalue weighted by Crippen LogP contribution is -2.45. The number of piperidine rings is 1. The molecule has 1 aliphatic heterocycles. The van der Waals surface area contributed by atoms with Crippen molar-refractivity contribution in [3.8, 4) is 0 Å². The van der Waals surface area contributed by atoms with Gasteiger partial charge in [-0.25, -0.2) is 4.39 Å². The maximum absolute atomic E-state index is 14.0. The van der Waals surface area contributed by atoms with Crippen molar-refractivity contribution in [1.29, 1.82) is 0 Å². The molecule has 0 radical (unpaired) electrons. The lowest BCUT2D eigenvalue weighted by molar-refractivity contribution is 0.0782. The Morgan fingerprint density at radius 3 is 2.84 bits per heavy atom. The van der Waals surface area contributed by atoms with E-state index in [0.717, 1.165) is 13.0 Å². The number of hydrogen-bond donors (Lipinski definition) is 1. The number of rotatable bonds is 3. The quantitative estimate of drug-likeness (QED) is 0.919. The Hall–Kier alpha value is -0.640. The highest BCUT2D eigenvalue weighted by atomic mass is 35.5. The Morgan fingerprint density at radius 1 is 1.42 bits per heavy atom. The van der Waals surface area contributed by atoms with Crippen LogP contribution in [0.5, 0.6) is 0 Å². The smallest absolute Gasteiger partial charge is 0.128 e. The molecular weight excluding hydrogens is 263 g/mol. The molecule has 1 fully saturated rings. The molecule has 1 aromatic carbocycles. The van der Waals surface area contributed by atoms with Gasteiger partial charge in [0.25, 0.3) is 0 Å². The molecule has 2 N–H and O–H groups in total. The lowest BCUT2D eigenvalue weighted by Gasteiger charge is -2.42. The Morgan fingerprint density at radius 2 is 2.16 bits per heavy atom. The van der Waals surface area contributed by atoms with E-state index in [0.29, 0.717) is 29.1 Å². The highest BCUT2D eigenvalue weighted by Crippen LogP contribution is 2.32. The molecule has 3 atom stereocenters. The van der Waals surface area contributed by atoms with Crippen molar-refractivity contribution < 1.29 is 4.39 Å². The van der Waals surface area contributed by atoms with Gasteiger partial charge in [0, 0.05) is 29.7 Å². The van der Waals surface area contributed by atoms with Crippen LogP contribution >= 0.6 is 11.6 Å². The van der Waals surface area contributed by atoms with Crippen LogP contribution in [0.25, 0.3) is 0 Å². The summed E-state index contributed by atoms with van der Waals surface area (Å²) in [6.45, 7) is 5.81. The molecule has 0 bridgehead atoms. The normalized spacial score (nSPS) is 26.4. The molecule has 0 aliphatic carbocycles. The molecule has 4 heteroatoms. The summed E-state index contributed by atoms with van der Waals surface area (Å²) >= 11 is 6.00. The molecule has 0 amide bonds. The van der Waals surface area contributed by atoms with E-state index in [1.54, 1.807) is 12.1 Å². The molecule has 1 aromatic rings. The third kappa shape index (κ3) is 3.28. The summed E-state index contributed by atoms with van der Waals surface area (Å²) in [4.78, 5) is 2.32. The van der Waals surface area contributed by atoms with Gasteiger partial charge in [-0.15, -0.1) is 0 Å². The van der Waals surface area contributed by atoms with E-state index < -0.39 is 0 Å². The molecule has 1 aliphatic rings. The first-order valence-electron chi connectivity index (χ1n) is 6.93.